The molecule has 3 heterocycles. The number of aromatic nitrogens is 5. The van der Waals surface area contributed by atoms with Crippen molar-refractivity contribution < 1.29 is 0 Å². The number of benzene rings is 1. The normalized spacial score (nSPS) is 20.1. The summed E-state index contributed by atoms with van der Waals surface area (Å²) in [7, 11) is 0. The Labute approximate surface area is 162 Å². The van der Waals surface area contributed by atoms with E-state index in [9.17, 15) is 4.79 Å². The minimum absolute atomic E-state index is 0.0694. The largest absolute Gasteiger partial charge is 0.310 e. The molecule has 1 fully saturated rings. The maximum atomic E-state index is 13.2. The molecule has 6 heteroatoms. The summed E-state index contributed by atoms with van der Waals surface area (Å²) in [6, 6.07) is 12.3. The average Bonchev–Trinajstić information content (AvgIpc) is 3.06. The van der Waals surface area contributed by atoms with Crippen LogP contribution >= 0.6 is 0 Å². The number of hydrogen-bond acceptors (Lipinski definition) is 4. The van der Waals surface area contributed by atoms with Gasteiger partial charge in [0.1, 0.15) is 5.52 Å². The fraction of sp³-hybridized carbons (Fsp3) is 0.364. The van der Waals surface area contributed by atoms with E-state index in [1.54, 1.807) is 4.52 Å². The fourth-order valence-corrected chi connectivity index (χ4v) is 4.58. The third-order valence-corrected chi connectivity index (χ3v) is 6.07. The first-order chi connectivity index (χ1) is 13.6. The summed E-state index contributed by atoms with van der Waals surface area (Å²) in [5.74, 6) is 0.497. The lowest BCUT2D eigenvalue weighted by Gasteiger charge is -2.30. The molecule has 0 unspecified atom stereocenters. The second kappa shape index (κ2) is 6.55. The molecule has 0 aliphatic heterocycles. The van der Waals surface area contributed by atoms with Crippen molar-refractivity contribution in [2.24, 2.45) is 5.92 Å². The predicted octanol–water partition coefficient (Wildman–Crippen LogP) is 4.17. The van der Waals surface area contributed by atoms with Crippen molar-refractivity contribution in [1.29, 1.82) is 0 Å². The molecule has 1 aromatic carbocycles. The zero-order valence-electron chi connectivity index (χ0n) is 16.2. The Kier molecular flexibility index (Phi) is 4.00. The Bertz CT molecular complexity index is 1220. The molecule has 6 nitrogen and oxygen atoms in total. The molecule has 142 valence electrons. The second-order valence-electron chi connectivity index (χ2n) is 7.85. The van der Waals surface area contributed by atoms with Crippen LogP contribution in [0.2, 0.25) is 0 Å². The van der Waals surface area contributed by atoms with E-state index in [2.05, 4.69) is 22.2 Å². The molecule has 4 aromatic rings. The number of aryl methyl sites for hydroxylation is 1. The lowest BCUT2D eigenvalue weighted by Crippen LogP contribution is -2.31. The highest BCUT2D eigenvalue weighted by Crippen LogP contribution is 2.33. The number of pyridine rings is 1. The molecule has 0 amide bonds. The number of fused-ring (bicyclic) bond motifs is 3. The zero-order chi connectivity index (χ0) is 19.3. The van der Waals surface area contributed by atoms with Gasteiger partial charge in [0.05, 0.1) is 11.3 Å². The number of rotatable bonds is 2. The molecule has 1 aliphatic carbocycles. The molecule has 0 saturated heterocycles. The summed E-state index contributed by atoms with van der Waals surface area (Å²) in [6.45, 7) is 4.20. The monoisotopic (exact) mass is 373 g/mol. The first kappa shape index (κ1) is 17.1. The molecule has 2 atom stereocenters. The van der Waals surface area contributed by atoms with E-state index in [-0.39, 0.29) is 11.6 Å². The Balaban J connectivity index is 1.72. The van der Waals surface area contributed by atoms with Gasteiger partial charge in [-0.2, -0.15) is 5.10 Å². The van der Waals surface area contributed by atoms with E-state index in [1.165, 1.54) is 19.3 Å². The molecule has 1 saturated carbocycles. The minimum Gasteiger partial charge on any atom is -0.310 e. The van der Waals surface area contributed by atoms with Gasteiger partial charge >= 0.3 is 0 Å². The van der Waals surface area contributed by atoms with Crippen LogP contribution in [0, 0.1) is 12.8 Å². The Morgan fingerprint density at radius 2 is 1.82 bits per heavy atom. The van der Waals surface area contributed by atoms with E-state index in [4.69, 9.17) is 0 Å². The van der Waals surface area contributed by atoms with Gasteiger partial charge < -0.3 is 4.57 Å². The molecule has 0 bridgehead atoms. The summed E-state index contributed by atoms with van der Waals surface area (Å²) in [5, 5.41) is 13.4. The molecule has 0 radical (unpaired) electrons. The Morgan fingerprint density at radius 1 is 1.04 bits per heavy atom. The molecule has 0 N–H and O–H groups in total. The summed E-state index contributed by atoms with van der Waals surface area (Å²) in [5.41, 5.74) is 4.58. The predicted molar refractivity (Wildman–Crippen MR) is 109 cm³/mol. The van der Waals surface area contributed by atoms with Gasteiger partial charge in [-0.3, -0.25) is 4.79 Å². The molecular formula is C22H23N5O. The van der Waals surface area contributed by atoms with Crippen molar-refractivity contribution in [3.05, 3.63) is 58.6 Å². The fourth-order valence-electron chi connectivity index (χ4n) is 4.58. The zero-order valence-corrected chi connectivity index (χ0v) is 16.2. The SMILES string of the molecule is Cc1nn2c(nnc3c(=O)n([C@H]4CCCC[C@@H]4C)ccc32)c1-c1ccccc1. The van der Waals surface area contributed by atoms with E-state index >= 15 is 0 Å². The standard InChI is InChI=1S/C22H23N5O/c1-14-8-6-7-11-17(14)26-13-12-18-20(22(26)28)23-24-21-19(15(2)25-27(18)21)16-9-4-3-5-10-16/h3-5,9-10,12-14,17H,6-8,11H2,1-2H3/t14-,17-/m0/s1. The van der Waals surface area contributed by atoms with Crippen LogP contribution in [0.15, 0.2) is 47.4 Å². The summed E-state index contributed by atoms with van der Waals surface area (Å²) in [4.78, 5) is 13.2. The van der Waals surface area contributed by atoms with Gasteiger partial charge in [0.25, 0.3) is 5.56 Å². The van der Waals surface area contributed by atoms with Crippen molar-refractivity contribution in [2.45, 2.75) is 45.6 Å². The second-order valence-corrected chi connectivity index (χ2v) is 7.85. The van der Waals surface area contributed by atoms with Crippen LogP contribution in [-0.4, -0.2) is 24.4 Å². The molecule has 3 aromatic heterocycles. The minimum atomic E-state index is -0.0694. The lowest BCUT2D eigenvalue weighted by atomic mass is 9.85. The highest BCUT2D eigenvalue weighted by Gasteiger charge is 2.25. The third kappa shape index (κ3) is 2.55. The Morgan fingerprint density at radius 3 is 2.61 bits per heavy atom. The maximum absolute atomic E-state index is 13.2. The van der Waals surface area contributed by atoms with Gasteiger partial charge in [-0.05, 0) is 37.3 Å². The molecule has 5 rings (SSSR count). The first-order valence-corrected chi connectivity index (χ1v) is 9.97. The maximum Gasteiger partial charge on any atom is 0.280 e. The lowest BCUT2D eigenvalue weighted by molar-refractivity contribution is 0.253. The number of nitrogens with zero attached hydrogens (tertiary/aromatic N) is 5. The van der Waals surface area contributed by atoms with Gasteiger partial charge in [-0.25, -0.2) is 4.52 Å². The van der Waals surface area contributed by atoms with Crippen LogP contribution < -0.4 is 5.56 Å². The van der Waals surface area contributed by atoms with E-state index in [0.717, 1.165) is 23.2 Å². The van der Waals surface area contributed by atoms with Gasteiger partial charge in [-0.15, -0.1) is 10.2 Å². The highest BCUT2D eigenvalue weighted by atomic mass is 16.1. The average molecular weight is 373 g/mol. The summed E-state index contributed by atoms with van der Waals surface area (Å²) >= 11 is 0. The molecular weight excluding hydrogens is 350 g/mol. The highest BCUT2D eigenvalue weighted by molar-refractivity contribution is 5.84. The van der Waals surface area contributed by atoms with Crippen molar-refractivity contribution >= 4 is 16.7 Å². The van der Waals surface area contributed by atoms with Gasteiger partial charge in [0.2, 0.25) is 0 Å². The first-order valence-electron chi connectivity index (χ1n) is 9.97. The van der Waals surface area contributed by atoms with Crippen LogP contribution in [0.3, 0.4) is 0 Å². The van der Waals surface area contributed by atoms with E-state index in [1.807, 2.05) is 54.1 Å². The third-order valence-electron chi connectivity index (χ3n) is 6.07. The van der Waals surface area contributed by atoms with Crippen LogP contribution in [0.25, 0.3) is 27.8 Å². The van der Waals surface area contributed by atoms with Crippen LogP contribution in [0.1, 0.15) is 44.3 Å². The van der Waals surface area contributed by atoms with Crippen LogP contribution in [0.5, 0.6) is 0 Å². The van der Waals surface area contributed by atoms with Crippen LogP contribution in [-0.2, 0) is 0 Å². The Hall–Kier alpha value is -3.02. The topological polar surface area (TPSA) is 65.1 Å². The molecule has 1 aliphatic rings. The van der Waals surface area contributed by atoms with Crippen molar-refractivity contribution in [1.82, 2.24) is 24.4 Å². The molecule has 0 spiro atoms. The van der Waals surface area contributed by atoms with Gasteiger partial charge in [0.15, 0.2) is 11.2 Å². The smallest absolute Gasteiger partial charge is 0.280 e. The van der Waals surface area contributed by atoms with Crippen molar-refractivity contribution in [3.8, 4) is 11.1 Å². The van der Waals surface area contributed by atoms with Crippen molar-refractivity contribution in [3.63, 3.8) is 0 Å². The summed E-state index contributed by atoms with van der Waals surface area (Å²) < 4.78 is 3.62. The van der Waals surface area contributed by atoms with Crippen molar-refractivity contribution in [2.75, 3.05) is 0 Å². The quantitative estimate of drug-likeness (QED) is 0.529. The summed E-state index contributed by atoms with van der Waals surface area (Å²) in [6.07, 6.45) is 6.54. The van der Waals surface area contributed by atoms with Gasteiger partial charge in [-0.1, -0.05) is 50.1 Å². The molecule has 28 heavy (non-hydrogen) atoms. The van der Waals surface area contributed by atoms with Crippen LogP contribution in [0.4, 0.5) is 0 Å². The van der Waals surface area contributed by atoms with E-state index < -0.39 is 0 Å². The number of hydrogen-bond donors (Lipinski definition) is 0. The van der Waals surface area contributed by atoms with Gasteiger partial charge in [0, 0.05) is 12.2 Å². The van der Waals surface area contributed by atoms with E-state index in [0.29, 0.717) is 22.6 Å².